The number of aryl methyl sites for hydroxylation is 1. The minimum Gasteiger partial charge on any atom is -0.443 e. The number of carbonyl (C=O) groups is 1. The lowest BCUT2D eigenvalue weighted by molar-refractivity contribution is -0.137. The SMILES string of the molecule is C[C@@H](C(=O)CCc1cc(-c2ccc(C(F)(F)F)cn2)ccn1)N(C)S(=O)(=O)c1cc2cc(F)ccc2o1. The predicted molar refractivity (Wildman–Crippen MR) is 126 cm³/mol. The van der Waals surface area contributed by atoms with Crippen LogP contribution in [0.15, 0.2) is 70.4 Å². The molecule has 3 heterocycles. The molecule has 0 amide bonds. The van der Waals surface area contributed by atoms with E-state index in [1.54, 1.807) is 12.1 Å². The van der Waals surface area contributed by atoms with Crippen molar-refractivity contribution in [3.05, 3.63) is 78.0 Å². The molecule has 0 unspecified atom stereocenters. The van der Waals surface area contributed by atoms with Crippen LogP contribution < -0.4 is 0 Å². The van der Waals surface area contributed by atoms with Crippen molar-refractivity contribution in [1.29, 1.82) is 0 Å². The van der Waals surface area contributed by atoms with Crippen molar-refractivity contribution in [1.82, 2.24) is 14.3 Å². The number of furan rings is 1. The van der Waals surface area contributed by atoms with Crippen LogP contribution in [0, 0.1) is 5.82 Å². The molecule has 4 rings (SSSR count). The van der Waals surface area contributed by atoms with Gasteiger partial charge >= 0.3 is 6.18 Å². The predicted octanol–water partition coefficient (Wildman–Crippen LogP) is 5.26. The molecule has 1 atom stereocenters. The minimum absolute atomic E-state index is 0.0384. The molecule has 37 heavy (non-hydrogen) atoms. The lowest BCUT2D eigenvalue weighted by Crippen LogP contribution is -2.40. The third-order valence-corrected chi connectivity index (χ3v) is 7.72. The van der Waals surface area contributed by atoms with E-state index in [0.29, 0.717) is 17.0 Å². The van der Waals surface area contributed by atoms with Gasteiger partial charge in [0.25, 0.3) is 10.0 Å². The second-order valence-electron chi connectivity index (χ2n) is 8.38. The van der Waals surface area contributed by atoms with Gasteiger partial charge in [-0.05, 0) is 55.8 Å². The molecule has 0 aliphatic rings. The molecule has 0 fully saturated rings. The van der Waals surface area contributed by atoms with Crippen molar-refractivity contribution in [2.24, 2.45) is 0 Å². The molecule has 3 aromatic heterocycles. The van der Waals surface area contributed by atoms with Crippen LogP contribution in [0.1, 0.15) is 24.6 Å². The number of halogens is 4. The molecule has 0 bridgehead atoms. The number of hydrogen-bond donors (Lipinski definition) is 0. The number of carbonyl (C=O) groups excluding carboxylic acids is 1. The molecular formula is C25H21F4N3O4S. The zero-order valence-corrected chi connectivity index (χ0v) is 20.5. The highest BCUT2D eigenvalue weighted by Gasteiger charge is 2.32. The van der Waals surface area contributed by atoms with E-state index in [1.165, 1.54) is 38.4 Å². The number of nitrogens with zero attached hydrogens (tertiary/aromatic N) is 3. The Morgan fingerprint density at radius 2 is 1.84 bits per heavy atom. The Kier molecular flexibility index (Phi) is 7.16. The lowest BCUT2D eigenvalue weighted by atomic mass is 10.1. The Morgan fingerprint density at radius 1 is 1.08 bits per heavy atom. The second-order valence-corrected chi connectivity index (χ2v) is 10.3. The number of benzene rings is 1. The van der Waals surface area contributed by atoms with Gasteiger partial charge in [0.2, 0.25) is 5.09 Å². The van der Waals surface area contributed by atoms with Crippen LogP contribution in [0.4, 0.5) is 17.6 Å². The number of fused-ring (bicyclic) bond motifs is 1. The molecule has 0 spiro atoms. The third kappa shape index (κ3) is 5.70. The number of pyridine rings is 2. The molecule has 0 saturated heterocycles. The molecular weight excluding hydrogens is 514 g/mol. The first-order valence-corrected chi connectivity index (χ1v) is 12.5. The first kappa shape index (κ1) is 26.4. The summed E-state index contributed by atoms with van der Waals surface area (Å²) >= 11 is 0. The first-order valence-electron chi connectivity index (χ1n) is 11.0. The fraction of sp³-hybridized carbons (Fsp3) is 0.240. The highest BCUT2D eigenvalue weighted by molar-refractivity contribution is 7.89. The smallest absolute Gasteiger partial charge is 0.417 e. The number of alkyl halides is 3. The van der Waals surface area contributed by atoms with Gasteiger partial charge in [-0.15, -0.1) is 0 Å². The van der Waals surface area contributed by atoms with Crippen molar-refractivity contribution in [3.63, 3.8) is 0 Å². The van der Waals surface area contributed by atoms with E-state index in [9.17, 15) is 30.8 Å². The summed E-state index contributed by atoms with van der Waals surface area (Å²) in [7, 11) is -2.93. The van der Waals surface area contributed by atoms with Crippen LogP contribution in [-0.4, -0.2) is 41.6 Å². The molecule has 0 radical (unpaired) electrons. The summed E-state index contributed by atoms with van der Waals surface area (Å²) in [6, 6.07) is 9.16. The van der Waals surface area contributed by atoms with E-state index in [4.69, 9.17) is 4.42 Å². The highest BCUT2D eigenvalue weighted by atomic mass is 32.2. The Hall–Kier alpha value is -3.64. The third-order valence-electron chi connectivity index (χ3n) is 5.93. The Balaban J connectivity index is 1.43. The van der Waals surface area contributed by atoms with Gasteiger partial charge in [-0.2, -0.15) is 17.5 Å². The summed E-state index contributed by atoms with van der Waals surface area (Å²) in [5, 5.41) is -0.131. The summed E-state index contributed by atoms with van der Waals surface area (Å²) in [5.41, 5.74) is 0.664. The number of Topliss-reactive ketones (excluding diaryl/α,β-unsaturated/α-hetero) is 1. The van der Waals surface area contributed by atoms with Crippen LogP contribution in [-0.2, 0) is 27.4 Å². The van der Waals surface area contributed by atoms with Gasteiger partial charge in [-0.1, -0.05) is 0 Å². The van der Waals surface area contributed by atoms with E-state index >= 15 is 0 Å². The molecule has 0 aliphatic heterocycles. The van der Waals surface area contributed by atoms with Gasteiger partial charge in [-0.25, -0.2) is 12.8 Å². The van der Waals surface area contributed by atoms with Gasteiger partial charge in [-0.3, -0.25) is 14.8 Å². The van der Waals surface area contributed by atoms with Crippen LogP contribution in [0.5, 0.6) is 0 Å². The van der Waals surface area contributed by atoms with E-state index in [0.717, 1.165) is 28.7 Å². The van der Waals surface area contributed by atoms with Gasteiger partial charge in [0.05, 0.1) is 17.3 Å². The Labute approximate surface area is 209 Å². The molecule has 194 valence electrons. The van der Waals surface area contributed by atoms with E-state index in [1.807, 2.05) is 0 Å². The molecule has 12 heteroatoms. The van der Waals surface area contributed by atoms with Gasteiger partial charge < -0.3 is 4.42 Å². The highest BCUT2D eigenvalue weighted by Crippen LogP contribution is 2.30. The maximum Gasteiger partial charge on any atom is 0.417 e. The van der Waals surface area contributed by atoms with Gasteiger partial charge in [0, 0.05) is 48.6 Å². The second kappa shape index (κ2) is 10.0. The van der Waals surface area contributed by atoms with Crippen LogP contribution in [0.3, 0.4) is 0 Å². The van der Waals surface area contributed by atoms with Crippen molar-refractivity contribution in [2.45, 2.75) is 37.1 Å². The number of aromatic nitrogens is 2. The van der Waals surface area contributed by atoms with Crippen molar-refractivity contribution < 1.29 is 35.2 Å². The van der Waals surface area contributed by atoms with Gasteiger partial charge in [0.1, 0.15) is 11.4 Å². The molecule has 0 saturated carbocycles. The number of rotatable bonds is 8. The maximum atomic E-state index is 13.4. The largest absolute Gasteiger partial charge is 0.443 e. The molecule has 4 aromatic rings. The zero-order chi connectivity index (χ0) is 27.0. The topological polar surface area (TPSA) is 93.4 Å². The minimum atomic E-state index is -4.49. The first-order chi connectivity index (χ1) is 17.4. The fourth-order valence-corrected chi connectivity index (χ4v) is 4.93. The number of likely N-dealkylation sites (N-methyl/N-ethyl adjacent to an activating group) is 1. The van der Waals surface area contributed by atoms with Crippen molar-refractivity contribution in [3.8, 4) is 11.3 Å². The summed E-state index contributed by atoms with van der Waals surface area (Å²) in [5.74, 6) is -0.922. The summed E-state index contributed by atoms with van der Waals surface area (Å²) in [4.78, 5) is 20.9. The summed E-state index contributed by atoms with van der Waals surface area (Å²) in [6.07, 6.45) is -2.15. The number of ketones is 1. The zero-order valence-electron chi connectivity index (χ0n) is 19.7. The van der Waals surface area contributed by atoms with Crippen molar-refractivity contribution in [2.75, 3.05) is 7.05 Å². The Bertz CT molecular complexity index is 1550. The average Bonchev–Trinajstić information content (AvgIpc) is 3.30. The van der Waals surface area contributed by atoms with E-state index in [2.05, 4.69) is 9.97 Å². The molecule has 0 aliphatic carbocycles. The maximum absolute atomic E-state index is 13.4. The van der Waals surface area contributed by atoms with E-state index < -0.39 is 38.7 Å². The number of sulfonamides is 1. The molecule has 0 N–H and O–H groups in total. The van der Waals surface area contributed by atoms with E-state index in [-0.39, 0.29) is 29.6 Å². The standard InChI is InChI=1S/C25H21F4N3O4S/c1-15(32(2)37(34,35)24-13-17-11-19(26)4-8-23(17)36-24)22(33)7-5-20-12-16(9-10-30-20)21-6-3-18(14-31-21)25(27,28)29/h3-4,6,8-15H,5,7H2,1-2H3/t15-/m0/s1. The number of hydrogen-bond acceptors (Lipinski definition) is 6. The Morgan fingerprint density at radius 3 is 2.51 bits per heavy atom. The normalized spacial score (nSPS) is 13.3. The molecule has 1 aromatic carbocycles. The van der Waals surface area contributed by atoms with Crippen molar-refractivity contribution >= 4 is 26.8 Å². The quantitative estimate of drug-likeness (QED) is 0.286. The monoisotopic (exact) mass is 535 g/mol. The lowest BCUT2D eigenvalue weighted by Gasteiger charge is -2.22. The van der Waals surface area contributed by atoms with Crippen LogP contribution >= 0.6 is 0 Å². The summed E-state index contributed by atoms with van der Waals surface area (Å²) < 4.78 is 84.0. The fourth-order valence-electron chi connectivity index (χ4n) is 3.64. The average molecular weight is 536 g/mol. The van der Waals surface area contributed by atoms with Crippen LogP contribution in [0.2, 0.25) is 0 Å². The summed E-state index contributed by atoms with van der Waals surface area (Å²) in [6.45, 7) is 1.44. The van der Waals surface area contributed by atoms with Gasteiger partial charge in [0.15, 0.2) is 5.78 Å². The molecule has 7 nitrogen and oxygen atoms in total. The van der Waals surface area contributed by atoms with Crippen LogP contribution in [0.25, 0.3) is 22.2 Å².